The van der Waals surface area contributed by atoms with Gasteiger partial charge >= 0.3 is 0 Å². The van der Waals surface area contributed by atoms with Crippen LogP contribution >= 0.6 is 0 Å². The highest BCUT2D eigenvalue weighted by Crippen LogP contribution is 2.21. The number of anilines is 1. The number of primary amides is 1. The van der Waals surface area contributed by atoms with E-state index in [1.807, 2.05) is 12.1 Å². The minimum atomic E-state index is -0.519. The Morgan fingerprint density at radius 3 is 2.65 bits per heavy atom. The number of nitrogen functional groups attached to an aromatic ring is 1. The van der Waals surface area contributed by atoms with Gasteiger partial charge in [-0.05, 0) is 42.7 Å². The third-order valence-corrected chi connectivity index (χ3v) is 2.89. The largest absolute Gasteiger partial charge is 0.493 e. The molecule has 0 saturated carbocycles. The van der Waals surface area contributed by atoms with Crippen LogP contribution in [-0.4, -0.2) is 17.5 Å². The van der Waals surface area contributed by atoms with Gasteiger partial charge in [0.05, 0.1) is 12.2 Å². The molecule has 2 aromatic rings. The molecule has 0 atom stereocenters. The van der Waals surface area contributed by atoms with Crippen molar-refractivity contribution in [1.29, 1.82) is 0 Å². The fourth-order valence-electron chi connectivity index (χ4n) is 1.87. The quantitative estimate of drug-likeness (QED) is 0.618. The first-order valence-corrected chi connectivity index (χ1v) is 6.38. The fraction of sp³-hybridized carbons (Fsp3) is 0.200. The summed E-state index contributed by atoms with van der Waals surface area (Å²) in [6, 6.07) is 8.76. The van der Waals surface area contributed by atoms with Gasteiger partial charge in [0.15, 0.2) is 0 Å². The van der Waals surface area contributed by atoms with Crippen LogP contribution in [0.3, 0.4) is 0 Å². The molecule has 2 rings (SSSR count). The fourth-order valence-corrected chi connectivity index (χ4v) is 1.87. The average molecular weight is 271 g/mol. The van der Waals surface area contributed by atoms with E-state index in [4.69, 9.17) is 16.2 Å². The van der Waals surface area contributed by atoms with Crippen LogP contribution < -0.4 is 16.2 Å². The predicted molar refractivity (Wildman–Crippen MR) is 77.4 cm³/mol. The van der Waals surface area contributed by atoms with E-state index in [0.29, 0.717) is 23.6 Å². The highest BCUT2D eigenvalue weighted by atomic mass is 16.5. The first-order valence-electron chi connectivity index (χ1n) is 6.38. The minimum absolute atomic E-state index is 0.350. The number of carbonyl (C=O) groups excluding carboxylic acids is 1. The van der Waals surface area contributed by atoms with Gasteiger partial charge in [0.25, 0.3) is 5.91 Å². The lowest BCUT2D eigenvalue weighted by atomic mass is 10.1. The normalized spacial score (nSPS) is 10.2. The Kier molecular flexibility index (Phi) is 4.55. The molecule has 0 unspecified atom stereocenters. The lowest BCUT2D eigenvalue weighted by molar-refractivity contribution is 0.0996. The summed E-state index contributed by atoms with van der Waals surface area (Å²) in [5.41, 5.74) is 13.1. The Bertz CT molecular complexity index is 585. The molecule has 104 valence electrons. The molecule has 1 aromatic carbocycles. The number of ether oxygens (including phenoxy) is 1. The van der Waals surface area contributed by atoms with Crippen molar-refractivity contribution in [3.05, 3.63) is 53.9 Å². The summed E-state index contributed by atoms with van der Waals surface area (Å²) in [6.07, 6.45) is 5.24. The van der Waals surface area contributed by atoms with E-state index < -0.39 is 5.91 Å². The molecule has 4 N–H and O–H groups in total. The number of hydrogen-bond acceptors (Lipinski definition) is 4. The number of nitrogens with two attached hydrogens (primary N) is 2. The zero-order valence-corrected chi connectivity index (χ0v) is 11.1. The first kappa shape index (κ1) is 13.9. The predicted octanol–water partition coefficient (Wildman–Crippen LogP) is 1.77. The molecule has 0 bridgehead atoms. The summed E-state index contributed by atoms with van der Waals surface area (Å²) in [7, 11) is 0. The lowest BCUT2D eigenvalue weighted by Crippen LogP contribution is -2.13. The molecular formula is C15H17N3O2. The van der Waals surface area contributed by atoms with E-state index in [1.54, 1.807) is 30.6 Å². The third kappa shape index (κ3) is 3.71. The van der Waals surface area contributed by atoms with Crippen molar-refractivity contribution in [2.45, 2.75) is 12.8 Å². The smallest absolute Gasteiger partial charge is 0.252 e. The summed E-state index contributed by atoms with van der Waals surface area (Å²) < 4.78 is 5.60. The van der Waals surface area contributed by atoms with Crippen molar-refractivity contribution in [2.24, 2.45) is 5.73 Å². The van der Waals surface area contributed by atoms with Crippen molar-refractivity contribution in [3.63, 3.8) is 0 Å². The Balaban J connectivity index is 1.91. The lowest BCUT2D eigenvalue weighted by Gasteiger charge is -2.10. The summed E-state index contributed by atoms with van der Waals surface area (Å²) in [4.78, 5) is 15.2. The average Bonchev–Trinajstić information content (AvgIpc) is 2.44. The molecule has 5 heteroatoms. The van der Waals surface area contributed by atoms with Crippen molar-refractivity contribution in [2.75, 3.05) is 12.3 Å². The van der Waals surface area contributed by atoms with Crippen LogP contribution in [0.2, 0.25) is 0 Å². The van der Waals surface area contributed by atoms with Gasteiger partial charge < -0.3 is 16.2 Å². The SMILES string of the molecule is NC(=O)c1ccc(N)cc1OCCCc1ccncc1. The molecule has 0 aliphatic carbocycles. The van der Waals surface area contributed by atoms with Gasteiger partial charge in [-0.25, -0.2) is 0 Å². The second-order valence-electron chi connectivity index (χ2n) is 4.43. The van der Waals surface area contributed by atoms with Crippen LogP contribution in [0.25, 0.3) is 0 Å². The minimum Gasteiger partial charge on any atom is -0.493 e. The molecule has 0 saturated heterocycles. The maximum absolute atomic E-state index is 11.3. The van der Waals surface area contributed by atoms with E-state index in [-0.39, 0.29) is 0 Å². The Hall–Kier alpha value is -2.56. The number of hydrogen-bond donors (Lipinski definition) is 2. The third-order valence-electron chi connectivity index (χ3n) is 2.89. The summed E-state index contributed by atoms with van der Waals surface area (Å²) in [5, 5.41) is 0. The molecule has 1 amide bonds. The molecule has 0 aliphatic rings. The standard InChI is InChI=1S/C15H17N3O2/c16-12-3-4-13(15(17)19)14(10-12)20-9-1-2-11-5-7-18-8-6-11/h3-8,10H,1-2,9,16H2,(H2,17,19). The Morgan fingerprint density at radius 2 is 1.95 bits per heavy atom. The number of aryl methyl sites for hydroxylation is 1. The first-order chi connectivity index (χ1) is 9.66. The van der Waals surface area contributed by atoms with Crippen LogP contribution in [0.1, 0.15) is 22.3 Å². The monoisotopic (exact) mass is 271 g/mol. The van der Waals surface area contributed by atoms with E-state index in [0.717, 1.165) is 12.8 Å². The number of amides is 1. The van der Waals surface area contributed by atoms with Gasteiger partial charge in [-0.1, -0.05) is 0 Å². The van der Waals surface area contributed by atoms with Crippen LogP contribution in [0.4, 0.5) is 5.69 Å². The molecule has 20 heavy (non-hydrogen) atoms. The second kappa shape index (κ2) is 6.56. The van der Waals surface area contributed by atoms with Crippen molar-refractivity contribution in [3.8, 4) is 5.75 Å². The van der Waals surface area contributed by atoms with Crippen LogP contribution in [-0.2, 0) is 6.42 Å². The maximum Gasteiger partial charge on any atom is 0.252 e. The summed E-state index contributed by atoms with van der Waals surface area (Å²) in [5.74, 6) is -0.0821. The number of benzene rings is 1. The highest BCUT2D eigenvalue weighted by Gasteiger charge is 2.09. The van der Waals surface area contributed by atoms with Crippen molar-refractivity contribution < 1.29 is 9.53 Å². The molecule has 5 nitrogen and oxygen atoms in total. The number of nitrogens with zero attached hydrogens (tertiary/aromatic N) is 1. The molecule has 1 heterocycles. The van der Waals surface area contributed by atoms with Crippen LogP contribution in [0.15, 0.2) is 42.7 Å². The van der Waals surface area contributed by atoms with E-state index in [9.17, 15) is 4.79 Å². The zero-order chi connectivity index (χ0) is 14.4. The summed E-state index contributed by atoms with van der Waals surface area (Å²) in [6.45, 7) is 0.492. The Morgan fingerprint density at radius 1 is 1.20 bits per heavy atom. The highest BCUT2D eigenvalue weighted by molar-refractivity contribution is 5.96. The molecular weight excluding hydrogens is 254 g/mol. The summed E-state index contributed by atoms with van der Waals surface area (Å²) >= 11 is 0. The van der Waals surface area contributed by atoms with Gasteiger partial charge in [0.2, 0.25) is 0 Å². The van der Waals surface area contributed by atoms with Gasteiger partial charge in [-0.3, -0.25) is 9.78 Å². The molecule has 0 aliphatic heterocycles. The molecule has 0 fully saturated rings. The second-order valence-corrected chi connectivity index (χ2v) is 4.43. The van der Waals surface area contributed by atoms with Gasteiger partial charge in [-0.2, -0.15) is 0 Å². The topological polar surface area (TPSA) is 91.2 Å². The molecule has 0 spiro atoms. The molecule has 1 aromatic heterocycles. The Labute approximate surface area is 117 Å². The maximum atomic E-state index is 11.3. The molecule has 0 radical (unpaired) electrons. The number of carbonyl (C=O) groups is 1. The van der Waals surface area contributed by atoms with E-state index in [2.05, 4.69) is 4.98 Å². The van der Waals surface area contributed by atoms with Crippen molar-refractivity contribution in [1.82, 2.24) is 4.98 Å². The van der Waals surface area contributed by atoms with E-state index in [1.165, 1.54) is 5.56 Å². The number of aromatic nitrogens is 1. The van der Waals surface area contributed by atoms with E-state index >= 15 is 0 Å². The van der Waals surface area contributed by atoms with Gasteiger partial charge in [-0.15, -0.1) is 0 Å². The number of pyridine rings is 1. The van der Waals surface area contributed by atoms with Gasteiger partial charge in [0.1, 0.15) is 5.75 Å². The van der Waals surface area contributed by atoms with Crippen molar-refractivity contribution >= 4 is 11.6 Å². The number of rotatable bonds is 6. The zero-order valence-electron chi connectivity index (χ0n) is 11.1. The van der Waals surface area contributed by atoms with Gasteiger partial charge in [0, 0.05) is 24.1 Å². The van der Waals surface area contributed by atoms with Crippen LogP contribution in [0.5, 0.6) is 5.75 Å². The van der Waals surface area contributed by atoms with Crippen LogP contribution in [0, 0.1) is 0 Å².